The molecule has 9 aromatic heterocycles. The molecule has 29 heteroatoms. The number of nitrogens with zero attached hydrogens (tertiary/aromatic N) is 10. The number of carbonyl (C=O) groups excluding carboxylic acids is 4. The first-order valence-electron chi connectivity index (χ1n) is 27.2. The zero-order valence-electron chi connectivity index (χ0n) is 49.4. The van der Waals surface area contributed by atoms with Gasteiger partial charge in [0.25, 0.3) is 23.6 Å². The molecule has 4 amide bonds. The maximum absolute atomic E-state index is 12.5. The molecule has 1 unspecified atom stereocenters. The third-order valence-electron chi connectivity index (χ3n) is 13.8. The van der Waals surface area contributed by atoms with E-state index in [1.54, 1.807) is 62.3 Å². The van der Waals surface area contributed by atoms with E-state index in [1.165, 1.54) is 51.7 Å². The quantitative estimate of drug-likeness (QED) is 0.0472. The summed E-state index contributed by atoms with van der Waals surface area (Å²) in [6, 6.07) is 29.7. The first-order chi connectivity index (χ1) is 43.2. The molecule has 12 rings (SSSR count). The van der Waals surface area contributed by atoms with E-state index in [9.17, 15) is 23.4 Å². The summed E-state index contributed by atoms with van der Waals surface area (Å²) in [6.07, 6.45) is 7.78. The number of benzene rings is 3. The van der Waals surface area contributed by atoms with Gasteiger partial charge in [-0.25, -0.2) is 9.97 Å². The zero-order valence-corrected chi connectivity index (χ0v) is 53.4. The highest BCUT2D eigenvalue weighted by Crippen LogP contribution is 2.37. The lowest BCUT2D eigenvalue weighted by Gasteiger charge is -2.07. The maximum Gasteiger partial charge on any atom is 0.263 e. The lowest BCUT2D eigenvalue weighted by molar-refractivity contribution is 0.0947. The van der Waals surface area contributed by atoms with Crippen LogP contribution in [0.3, 0.4) is 0 Å². The molecule has 0 aliphatic heterocycles. The van der Waals surface area contributed by atoms with E-state index in [0.29, 0.717) is 92.7 Å². The van der Waals surface area contributed by atoms with E-state index in [-0.39, 0.29) is 23.6 Å². The number of nitrogen functional groups attached to an aromatic ring is 4. The molecule has 0 saturated carbocycles. The van der Waals surface area contributed by atoms with Crippen molar-refractivity contribution in [2.24, 2.45) is 0 Å². The first kappa shape index (κ1) is 64.3. The zero-order chi connectivity index (χ0) is 64.2. The monoisotopic (exact) mass is 1300 g/mol. The summed E-state index contributed by atoms with van der Waals surface area (Å²) < 4.78 is 17.0. The van der Waals surface area contributed by atoms with E-state index in [4.69, 9.17) is 27.7 Å². The molecule has 0 bridgehead atoms. The van der Waals surface area contributed by atoms with Crippen LogP contribution in [0.2, 0.25) is 0 Å². The molecular weight excluding hydrogens is 1240 g/mol. The SMILES string of the molecule is C=S(C)(=O)c1ccc(CNC(=O)c2sc3nnccc3c2N)cc1.COc1ccc(CNC(=O)c2sc3nnc(C)c(C)c3c2N)cc1.Cc1nnc2sc(C(=O)NCc3ccncn3)c(N)c2c1C.Nc1c(C(=O)NCc2ccccc2)sc2nnccc12. The molecule has 12 N–H and O–H groups in total. The van der Waals surface area contributed by atoms with Gasteiger partial charge in [0.2, 0.25) is 0 Å². The number of hydrogen-bond acceptors (Lipinski definition) is 24. The molecule has 0 aliphatic rings. The highest BCUT2D eigenvalue weighted by Gasteiger charge is 2.23. The van der Waals surface area contributed by atoms with Crippen molar-refractivity contribution in [3.63, 3.8) is 0 Å². The standard InChI is InChI=1S/C17H18N4O2S.C16H16N4O2S2.C14H14N6OS.C14H12N4OS/c1-9-10(2)20-21-17-13(9)14(18)15(24-17)16(22)19-8-11-4-6-12(23-3)7-5-11;1-24(2,22)11-5-3-10(4-6-11)9-18-15(21)14-13(17)12-7-8-19-20-16(12)23-14;1-7-8(2)19-20-14-10(7)11(15)12(22-14)13(21)17-5-9-3-4-16-6-18-9;15-11-10-6-7-17-18-14(10)20-12(11)13(19)16-8-9-4-2-1-3-5-9/h4-7H,8,18H2,1-3H3,(H,19,22);3-8H,1,9,17H2,2H3,(H,18,21);3-4,6H,5,15H2,1-2H3,(H,17,21);1-7H,8,15H2,(H,16,19). The normalized spacial score (nSPS) is 11.5. The van der Waals surface area contributed by atoms with E-state index in [0.717, 1.165) is 72.2 Å². The summed E-state index contributed by atoms with van der Waals surface area (Å²) in [5.74, 6) is 3.55. The average Bonchev–Trinajstić information content (AvgIpc) is 2.23. The van der Waals surface area contributed by atoms with Gasteiger partial charge in [0, 0.05) is 58.5 Å². The predicted molar refractivity (Wildman–Crippen MR) is 358 cm³/mol. The summed E-state index contributed by atoms with van der Waals surface area (Å²) in [4.78, 5) is 62.4. The predicted octanol–water partition coefficient (Wildman–Crippen LogP) is 8.55. The van der Waals surface area contributed by atoms with Crippen LogP contribution in [-0.2, 0) is 35.7 Å². The third-order valence-corrected chi connectivity index (χ3v) is 19.4. The van der Waals surface area contributed by atoms with Gasteiger partial charge in [-0.15, -0.1) is 65.7 Å². The first-order valence-corrected chi connectivity index (χ1v) is 32.6. The van der Waals surface area contributed by atoms with Crippen LogP contribution >= 0.6 is 45.3 Å². The van der Waals surface area contributed by atoms with Crippen molar-refractivity contribution >= 4 is 148 Å². The number of amides is 4. The van der Waals surface area contributed by atoms with Gasteiger partial charge < -0.3 is 48.9 Å². The number of nitrogens with two attached hydrogens (primary N) is 4. The van der Waals surface area contributed by atoms with Crippen molar-refractivity contribution in [1.29, 1.82) is 0 Å². The molecule has 0 radical (unpaired) electrons. The number of thiophene rings is 4. The van der Waals surface area contributed by atoms with Gasteiger partial charge in [-0.2, -0.15) is 20.4 Å². The van der Waals surface area contributed by atoms with E-state index in [1.807, 2.05) is 94.4 Å². The molecule has 0 saturated heterocycles. The number of nitrogens with one attached hydrogen (secondary N) is 4. The Morgan fingerprint density at radius 2 is 0.911 bits per heavy atom. The fourth-order valence-corrected chi connectivity index (χ4v) is 13.3. The Morgan fingerprint density at radius 3 is 1.32 bits per heavy atom. The lowest BCUT2D eigenvalue weighted by atomic mass is 10.1. The van der Waals surface area contributed by atoms with Crippen molar-refractivity contribution in [3.05, 3.63) is 186 Å². The minimum absolute atomic E-state index is 0.186. The second-order valence-electron chi connectivity index (χ2n) is 20.0. The molecule has 460 valence electrons. The topological polar surface area (TPSA) is 376 Å². The number of aromatic nitrogens is 10. The van der Waals surface area contributed by atoms with E-state index >= 15 is 0 Å². The van der Waals surface area contributed by atoms with Crippen LogP contribution in [0.1, 0.15) is 83.6 Å². The maximum atomic E-state index is 12.5. The van der Waals surface area contributed by atoms with Gasteiger partial charge in [0.05, 0.1) is 65.9 Å². The van der Waals surface area contributed by atoms with Crippen molar-refractivity contribution in [2.75, 3.05) is 36.3 Å². The summed E-state index contributed by atoms with van der Waals surface area (Å²) >= 11 is 4.98. The minimum atomic E-state index is -2.23. The Kier molecular flexibility index (Phi) is 20.5. The molecule has 12 aromatic rings. The van der Waals surface area contributed by atoms with Crippen LogP contribution < -0.4 is 48.9 Å². The number of carbonyl (C=O) groups is 4. The number of aryl methyl sites for hydroxylation is 4. The highest BCUT2D eigenvalue weighted by atomic mass is 32.2. The number of methoxy groups -OCH3 is 1. The molecule has 0 spiro atoms. The van der Waals surface area contributed by atoms with Gasteiger partial charge in [0.1, 0.15) is 50.9 Å². The number of ether oxygens (including phenoxy) is 1. The smallest absolute Gasteiger partial charge is 0.263 e. The molecule has 0 fully saturated rings. The number of hydrogen-bond donors (Lipinski definition) is 8. The number of rotatable bonds is 14. The third kappa shape index (κ3) is 15.2. The molecule has 9 heterocycles. The van der Waals surface area contributed by atoms with Gasteiger partial charge in [0.15, 0.2) is 0 Å². The second kappa shape index (κ2) is 28.8. The van der Waals surface area contributed by atoms with Crippen LogP contribution in [0.15, 0.2) is 127 Å². The summed E-state index contributed by atoms with van der Waals surface area (Å²) in [6.45, 7) is 9.17. The molecular formula is C61H60N18O6S5. The van der Waals surface area contributed by atoms with Crippen molar-refractivity contribution in [1.82, 2.24) is 72.0 Å². The molecule has 24 nitrogen and oxygen atoms in total. The van der Waals surface area contributed by atoms with Crippen LogP contribution in [0.4, 0.5) is 22.7 Å². The number of anilines is 4. The lowest BCUT2D eigenvalue weighted by Crippen LogP contribution is -2.23. The molecule has 3 aromatic carbocycles. The van der Waals surface area contributed by atoms with E-state index < -0.39 is 9.52 Å². The van der Waals surface area contributed by atoms with Gasteiger partial charge in [-0.3, -0.25) is 23.4 Å². The fourth-order valence-electron chi connectivity index (χ4n) is 8.60. The Labute approximate surface area is 532 Å². The summed E-state index contributed by atoms with van der Waals surface area (Å²) in [7, 11) is -0.611. The van der Waals surface area contributed by atoms with Gasteiger partial charge in [-0.05, 0) is 113 Å². The van der Waals surface area contributed by atoms with Crippen LogP contribution in [0.25, 0.3) is 40.9 Å². The van der Waals surface area contributed by atoms with Crippen molar-refractivity contribution < 1.29 is 28.1 Å². The van der Waals surface area contributed by atoms with Crippen LogP contribution in [-0.4, -0.2) is 97.8 Å². The van der Waals surface area contributed by atoms with Gasteiger partial charge >= 0.3 is 0 Å². The highest BCUT2D eigenvalue weighted by molar-refractivity contribution is 7.99. The Bertz CT molecular complexity index is 4700. The molecule has 0 aliphatic carbocycles. The van der Waals surface area contributed by atoms with Crippen LogP contribution in [0.5, 0.6) is 5.75 Å². The average molecular weight is 1300 g/mol. The second-order valence-corrected chi connectivity index (χ2v) is 26.5. The minimum Gasteiger partial charge on any atom is -0.497 e. The largest absolute Gasteiger partial charge is 0.497 e. The Balaban J connectivity index is 0.000000143. The molecule has 1 atom stereocenters. The number of fused-ring (bicyclic) bond motifs is 4. The van der Waals surface area contributed by atoms with Crippen molar-refractivity contribution in [3.8, 4) is 5.75 Å². The van der Waals surface area contributed by atoms with E-state index in [2.05, 4.69) is 77.9 Å². The fraction of sp³-hybridized carbons (Fsp3) is 0.164. The molecule has 90 heavy (non-hydrogen) atoms. The summed E-state index contributed by atoms with van der Waals surface area (Å²) in [5.41, 5.74) is 33.3. The van der Waals surface area contributed by atoms with Gasteiger partial charge in [-0.1, -0.05) is 54.6 Å². The summed E-state index contributed by atoms with van der Waals surface area (Å²) in [5, 5.41) is 46.5. The Morgan fingerprint density at radius 1 is 0.500 bits per heavy atom. The van der Waals surface area contributed by atoms with Crippen LogP contribution in [0, 0.1) is 27.7 Å². The van der Waals surface area contributed by atoms with Crippen molar-refractivity contribution in [2.45, 2.75) is 58.8 Å². The Hall–Kier alpha value is -10.2.